The number of carbonyl (C=O) groups is 1. The highest BCUT2D eigenvalue weighted by Crippen LogP contribution is 2.24. The molecule has 2 aromatic rings. The largest absolute Gasteiger partial charge is 0.454 e. The maximum Gasteiger partial charge on any atom is 0.222 e. The van der Waals surface area contributed by atoms with E-state index in [4.69, 9.17) is 4.74 Å². The minimum absolute atomic E-state index is 0. The molecular formula is C22H30FIN4O2. The number of aliphatic imine (C=N–C) groups is 1. The summed E-state index contributed by atoms with van der Waals surface area (Å²) in [7, 11) is 1.68. The Balaban J connectivity index is 0.00000450. The summed E-state index contributed by atoms with van der Waals surface area (Å²) in [5, 5.41) is 9.14. The van der Waals surface area contributed by atoms with E-state index >= 15 is 0 Å². The van der Waals surface area contributed by atoms with Crippen molar-refractivity contribution in [1.29, 1.82) is 0 Å². The van der Waals surface area contributed by atoms with Crippen molar-refractivity contribution < 1.29 is 13.9 Å². The number of ether oxygens (including phenoxy) is 1. The zero-order valence-corrected chi connectivity index (χ0v) is 19.9. The molecule has 0 aliphatic heterocycles. The number of hydrogen-bond acceptors (Lipinski definition) is 3. The molecule has 164 valence electrons. The van der Waals surface area contributed by atoms with E-state index in [1.807, 2.05) is 38.1 Å². The van der Waals surface area contributed by atoms with Gasteiger partial charge in [-0.3, -0.25) is 9.79 Å². The zero-order valence-electron chi connectivity index (χ0n) is 17.6. The van der Waals surface area contributed by atoms with Crippen LogP contribution < -0.4 is 20.7 Å². The number of guanidine groups is 1. The second-order valence-electron chi connectivity index (χ2n) is 6.80. The van der Waals surface area contributed by atoms with Gasteiger partial charge >= 0.3 is 0 Å². The Bertz CT molecular complexity index is 816. The molecule has 0 aromatic heterocycles. The van der Waals surface area contributed by atoms with E-state index in [-0.39, 0.29) is 41.6 Å². The van der Waals surface area contributed by atoms with Gasteiger partial charge in [-0.1, -0.05) is 38.1 Å². The SMILES string of the molecule is CN=C(NCCNC(=O)C(C)C)NCCc1ccc(Oc2ccccc2)c(F)c1.I. The van der Waals surface area contributed by atoms with Gasteiger partial charge in [-0.25, -0.2) is 4.39 Å². The Morgan fingerprint density at radius 1 is 1.03 bits per heavy atom. The van der Waals surface area contributed by atoms with Crippen LogP contribution in [0.2, 0.25) is 0 Å². The Kier molecular flexibility index (Phi) is 11.8. The Morgan fingerprint density at radius 2 is 1.70 bits per heavy atom. The number of hydrogen-bond donors (Lipinski definition) is 3. The molecule has 0 radical (unpaired) electrons. The van der Waals surface area contributed by atoms with Crippen LogP contribution in [-0.2, 0) is 11.2 Å². The van der Waals surface area contributed by atoms with E-state index < -0.39 is 5.82 Å². The van der Waals surface area contributed by atoms with Gasteiger partial charge in [0.2, 0.25) is 5.91 Å². The predicted molar refractivity (Wildman–Crippen MR) is 129 cm³/mol. The zero-order chi connectivity index (χ0) is 21.1. The van der Waals surface area contributed by atoms with Crippen LogP contribution in [-0.4, -0.2) is 38.5 Å². The van der Waals surface area contributed by atoms with Gasteiger partial charge in [-0.05, 0) is 36.2 Å². The van der Waals surface area contributed by atoms with Gasteiger partial charge < -0.3 is 20.7 Å². The van der Waals surface area contributed by atoms with Crippen molar-refractivity contribution in [2.75, 3.05) is 26.7 Å². The van der Waals surface area contributed by atoms with Crippen molar-refractivity contribution >= 4 is 35.8 Å². The fraction of sp³-hybridized carbons (Fsp3) is 0.364. The number of halogens is 2. The number of nitrogens with one attached hydrogen (secondary N) is 3. The lowest BCUT2D eigenvalue weighted by Gasteiger charge is -2.13. The van der Waals surface area contributed by atoms with Crippen molar-refractivity contribution in [3.05, 3.63) is 59.9 Å². The quantitative estimate of drug-likeness (QED) is 0.201. The molecule has 0 saturated heterocycles. The molecule has 0 heterocycles. The number of carbonyl (C=O) groups excluding carboxylic acids is 1. The Labute approximate surface area is 194 Å². The van der Waals surface area contributed by atoms with Gasteiger partial charge in [0.05, 0.1) is 0 Å². The number of nitrogens with zero attached hydrogens (tertiary/aromatic N) is 1. The lowest BCUT2D eigenvalue weighted by Crippen LogP contribution is -2.42. The lowest BCUT2D eigenvalue weighted by molar-refractivity contribution is -0.123. The smallest absolute Gasteiger partial charge is 0.222 e. The van der Waals surface area contributed by atoms with Crippen LogP contribution in [0.3, 0.4) is 0 Å². The van der Waals surface area contributed by atoms with E-state index in [1.165, 1.54) is 6.07 Å². The van der Waals surface area contributed by atoms with Gasteiger partial charge in [0.15, 0.2) is 17.5 Å². The van der Waals surface area contributed by atoms with Crippen molar-refractivity contribution in [2.45, 2.75) is 20.3 Å². The predicted octanol–water partition coefficient (Wildman–Crippen LogP) is 3.72. The summed E-state index contributed by atoms with van der Waals surface area (Å²) in [6, 6.07) is 14.1. The highest BCUT2D eigenvalue weighted by molar-refractivity contribution is 14.0. The van der Waals surface area contributed by atoms with Crippen LogP contribution in [0.1, 0.15) is 19.4 Å². The summed E-state index contributed by atoms with van der Waals surface area (Å²) >= 11 is 0. The first-order chi connectivity index (χ1) is 14.0. The molecule has 0 saturated carbocycles. The van der Waals surface area contributed by atoms with Gasteiger partial charge in [0.1, 0.15) is 5.75 Å². The Morgan fingerprint density at radius 3 is 2.33 bits per heavy atom. The highest BCUT2D eigenvalue weighted by Gasteiger charge is 2.07. The van der Waals surface area contributed by atoms with Crippen molar-refractivity contribution in [2.24, 2.45) is 10.9 Å². The first-order valence-corrected chi connectivity index (χ1v) is 9.73. The lowest BCUT2D eigenvalue weighted by atomic mass is 10.1. The summed E-state index contributed by atoms with van der Waals surface area (Å²) in [6.07, 6.45) is 0.632. The van der Waals surface area contributed by atoms with Gasteiger partial charge in [0, 0.05) is 32.6 Å². The third kappa shape index (κ3) is 8.98. The number of amides is 1. The second-order valence-corrected chi connectivity index (χ2v) is 6.80. The summed E-state index contributed by atoms with van der Waals surface area (Å²) < 4.78 is 19.9. The fourth-order valence-electron chi connectivity index (χ4n) is 2.51. The molecule has 0 bridgehead atoms. The monoisotopic (exact) mass is 528 g/mol. The maximum atomic E-state index is 14.3. The van der Waals surface area contributed by atoms with Crippen LogP contribution in [0.5, 0.6) is 11.5 Å². The molecule has 1 amide bonds. The minimum atomic E-state index is -0.394. The molecule has 0 spiro atoms. The highest BCUT2D eigenvalue weighted by atomic mass is 127. The van der Waals surface area contributed by atoms with Gasteiger partial charge in [0.25, 0.3) is 0 Å². The van der Waals surface area contributed by atoms with Crippen LogP contribution in [0.15, 0.2) is 53.5 Å². The molecule has 0 atom stereocenters. The molecule has 6 nitrogen and oxygen atoms in total. The standard InChI is InChI=1S/C22H29FN4O2.HI/c1-16(2)21(28)25-13-14-27-22(24-3)26-12-11-17-9-10-20(19(23)15-17)29-18-7-5-4-6-8-18;/h4-10,15-16H,11-14H2,1-3H3,(H,25,28)(H2,24,26,27);1H. The van der Waals surface area contributed by atoms with Crippen LogP contribution in [0, 0.1) is 11.7 Å². The molecule has 0 unspecified atom stereocenters. The fourth-order valence-corrected chi connectivity index (χ4v) is 2.51. The topological polar surface area (TPSA) is 74.8 Å². The summed E-state index contributed by atoms with van der Waals surface area (Å²) in [4.78, 5) is 15.7. The summed E-state index contributed by atoms with van der Waals surface area (Å²) in [5.74, 6) is 1.03. The first-order valence-electron chi connectivity index (χ1n) is 9.73. The van der Waals surface area contributed by atoms with Crippen LogP contribution in [0.4, 0.5) is 4.39 Å². The van der Waals surface area contributed by atoms with E-state index in [0.717, 1.165) is 5.56 Å². The van der Waals surface area contributed by atoms with E-state index in [2.05, 4.69) is 20.9 Å². The molecule has 3 N–H and O–H groups in total. The molecule has 8 heteroatoms. The molecule has 2 aromatic carbocycles. The first kappa shape index (κ1) is 25.7. The normalized spacial score (nSPS) is 10.9. The van der Waals surface area contributed by atoms with Crippen molar-refractivity contribution in [1.82, 2.24) is 16.0 Å². The van der Waals surface area contributed by atoms with Crippen molar-refractivity contribution in [3.63, 3.8) is 0 Å². The minimum Gasteiger partial charge on any atom is -0.454 e. The number of benzene rings is 2. The third-order valence-electron chi connectivity index (χ3n) is 4.14. The van der Waals surface area contributed by atoms with E-state index in [1.54, 1.807) is 25.2 Å². The molecular weight excluding hydrogens is 498 g/mol. The third-order valence-corrected chi connectivity index (χ3v) is 4.14. The number of para-hydroxylation sites is 1. The molecule has 0 fully saturated rings. The Hall–Kier alpha value is -2.36. The molecule has 30 heavy (non-hydrogen) atoms. The maximum absolute atomic E-state index is 14.3. The second kappa shape index (κ2) is 13.8. The molecule has 0 aliphatic carbocycles. The van der Waals surface area contributed by atoms with Crippen LogP contribution in [0.25, 0.3) is 0 Å². The molecule has 2 rings (SSSR count). The van der Waals surface area contributed by atoms with Gasteiger partial charge in [-0.15, -0.1) is 24.0 Å². The average molecular weight is 528 g/mol. The summed E-state index contributed by atoms with van der Waals surface area (Å²) in [5.41, 5.74) is 0.857. The number of rotatable bonds is 9. The van der Waals surface area contributed by atoms with Crippen LogP contribution >= 0.6 is 24.0 Å². The van der Waals surface area contributed by atoms with E-state index in [0.29, 0.717) is 37.8 Å². The van der Waals surface area contributed by atoms with E-state index in [9.17, 15) is 9.18 Å². The summed E-state index contributed by atoms with van der Waals surface area (Å²) in [6.45, 7) is 5.39. The average Bonchev–Trinajstić information content (AvgIpc) is 2.72. The molecule has 0 aliphatic rings. The van der Waals surface area contributed by atoms with Gasteiger partial charge in [-0.2, -0.15) is 0 Å². The van der Waals surface area contributed by atoms with Crippen molar-refractivity contribution in [3.8, 4) is 11.5 Å².